The van der Waals surface area contributed by atoms with E-state index in [1.54, 1.807) is 0 Å². The molecule has 3 aromatic rings. The number of rotatable bonds is 11. The second-order valence-electron chi connectivity index (χ2n) is 10.7. The number of benzene rings is 1. The molecule has 2 unspecified atom stereocenters. The molecule has 2 aliphatic rings. The highest BCUT2D eigenvalue weighted by molar-refractivity contribution is 8.01. The number of carbonyl (C=O) groups is 6. The Hall–Kier alpha value is -5.68. The Bertz CT molecular complexity index is 2040. The van der Waals surface area contributed by atoms with Crippen LogP contribution < -0.4 is 22.2 Å². The first-order valence-electron chi connectivity index (χ1n) is 13.4. The Morgan fingerprint density at radius 3 is 2.47 bits per heavy atom. The van der Waals surface area contributed by atoms with Gasteiger partial charge in [-0.2, -0.15) is 14.5 Å². The number of thioether (sulfide) groups is 1. The lowest BCUT2D eigenvalue weighted by Crippen LogP contribution is -2.68. The number of phenols is 2. The van der Waals surface area contributed by atoms with E-state index in [0.29, 0.717) is 27.4 Å². The van der Waals surface area contributed by atoms with Gasteiger partial charge in [-0.3, -0.25) is 24.6 Å². The average Bonchev–Trinajstić information content (AvgIpc) is 3.74. The molecule has 2 aromatic heterocycles. The van der Waals surface area contributed by atoms with Gasteiger partial charge in [-0.05, 0) is 26.0 Å². The molecule has 8 N–H and O–H groups in total. The molecular weight excluding hydrogens is 718 g/mol. The average molecular weight is 740 g/mol. The fourth-order valence-corrected chi connectivity index (χ4v) is 6.76. The van der Waals surface area contributed by atoms with Crippen LogP contribution in [0.25, 0.3) is 0 Å². The number of hydrogen-bond acceptors (Lipinski definition) is 16. The zero-order valence-corrected chi connectivity index (χ0v) is 27.1. The molecule has 0 radical (unpaired) electrons. The summed E-state index contributed by atoms with van der Waals surface area (Å²) in [6.45, 7) is 1.72. The van der Waals surface area contributed by atoms with Crippen LogP contribution in [0.4, 0.5) is 5.13 Å². The number of hydrogen-bond donors (Lipinski definition) is 7. The Morgan fingerprint density at radius 1 is 1.16 bits per heavy atom. The zero-order valence-electron chi connectivity index (χ0n) is 24.7. The molecule has 5 rings (SSSR count). The van der Waals surface area contributed by atoms with Crippen molar-refractivity contribution in [2.24, 2.45) is 5.16 Å². The number of aromatic nitrogens is 4. The number of anilines is 1. The normalized spacial score (nSPS) is 20.3. The van der Waals surface area contributed by atoms with Gasteiger partial charge in [0.1, 0.15) is 23.4 Å². The van der Waals surface area contributed by atoms with Crippen LogP contribution in [0, 0.1) is 0 Å². The number of phenolic OH excluding ortho intramolecular Hbond substituents is 2. The Balaban J connectivity index is 1.36. The molecular formula is C25H22ClN9O12S2. The van der Waals surface area contributed by atoms with Gasteiger partial charge in [0.2, 0.25) is 16.4 Å². The van der Waals surface area contributed by atoms with Crippen LogP contribution in [-0.4, -0.2) is 109 Å². The third-order valence-electron chi connectivity index (χ3n) is 7.10. The summed E-state index contributed by atoms with van der Waals surface area (Å²) < 4.78 is 0.860. The summed E-state index contributed by atoms with van der Waals surface area (Å²) in [6.07, 6.45) is 0.701. The van der Waals surface area contributed by atoms with E-state index in [-0.39, 0.29) is 10.8 Å². The van der Waals surface area contributed by atoms with Crippen LogP contribution in [0.5, 0.6) is 11.5 Å². The fraction of sp³-hybridized carbons (Fsp3) is 0.280. The molecule has 2 fully saturated rings. The van der Waals surface area contributed by atoms with Crippen LogP contribution in [0.1, 0.15) is 29.9 Å². The molecule has 2 saturated heterocycles. The number of β-lactam (4-membered cyclic amide) rings is 1. The summed E-state index contributed by atoms with van der Waals surface area (Å²) in [4.78, 5) is 96.7. The van der Waals surface area contributed by atoms with Crippen LogP contribution in [0.3, 0.4) is 0 Å². The molecule has 3 amide bonds. The summed E-state index contributed by atoms with van der Waals surface area (Å²) in [5.74, 6) is -9.15. The van der Waals surface area contributed by atoms with Gasteiger partial charge in [-0.25, -0.2) is 19.4 Å². The third-order valence-corrected chi connectivity index (χ3v) is 9.79. The number of carbonyl (C=O) groups excluding carboxylic acids is 4. The van der Waals surface area contributed by atoms with Gasteiger partial charge in [0, 0.05) is 5.38 Å². The Morgan fingerprint density at radius 2 is 1.86 bits per heavy atom. The van der Waals surface area contributed by atoms with E-state index in [9.17, 15) is 54.0 Å². The van der Waals surface area contributed by atoms with Crippen LogP contribution >= 0.6 is 34.7 Å². The molecule has 21 nitrogen and oxygen atoms in total. The van der Waals surface area contributed by atoms with E-state index in [1.807, 2.05) is 5.43 Å². The monoisotopic (exact) mass is 739 g/mol. The second kappa shape index (κ2) is 12.4. The first-order chi connectivity index (χ1) is 22.9. The summed E-state index contributed by atoms with van der Waals surface area (Å²) >= 11 is 7.32. The van der Waals surface area contributed by atoms with Gasteiger partial charge in [0.25, 0.3) is 11.7 Å². The van der Waals surface area contributed by atoms with Crippen molar-refractivity contribution in [3.63, 3.8) is 0 Å². The van der Waals surface area contributed by atoms with E-state index >= 15 is 0 Å². The number of thiazole rings is 1. The predicted octanol–water partition coefficient (Wildman–Crippen LogP) is -1.48. The third kappa shape index (κ3) is 5.97. The number of nitrogen functional groups attached to an aromatic ring is 1. The number of carboxylic acid groups (broad SMARTS) is 2. The highest BCUT2D eigenvalue weighted by Crippen LogP contribution is 2.49. The molecule has 0 spiro atoms. The minimum absolute atomic E-state index is 0.0327. The molecule has 3 atom stereocenters. The lowest BCUT2D eigenvalue weighted by Gasteiger charge is -2.41. The number of amides is 3. The van der Waals surface area contributed by atoms with Gasteiger partial charge in [0.15, 0.2) is 22.3 Å². The van der Waals surface area contributed by atoms with E-state index < -0.39 is 97.4 Å². The summed E-state index contributed by atoms with van der Waals surface area (Å²) in [6, 6.07) is 0.479. The van der Waals surface area contributed by atoms with E-state index in [4.69, 9.17) is 22.2 Å². The first-order valence-corrected chi connectivity index (χ1v) is 15.5. The van der Waals surface area contributed by atoms with E-state index in [1.165, 1.54) is 19.2 Å². The lowest BCUT2D eigenvalue weighted by molar-refractivity contribution is -0.161. The minimum atomic E-state index is -2.28. The number of nitrogens with zero attached hydrogens (tertiary/aromatic N) is 6. The molecule has 49 heavy (non-hydrogen) atoms. The van der Waals surface area contributed by atoms with Crippen LogP contribution in [-0.2, 0) is 33.7 Å². The molecule has 24 heteroatoms. The maximum atomic E-state index is 13.3. The highest BCUT2D eigenvalue weighted by Gasteiger charge is 2.64. The van der Waals surface area contributed by atoms with Crippen LogP contribution in [0.2, 0.25) is 5.02 Å². The molecule has 2 aliphatic heterocycles. The van der Waals surface area contributed by atoms with Crippen molar-refractivity contribution in [1.29, 1.82) is 0 Å². The van der Waals surface area contributed by atoms with Crippen molar-refractivity contribution in [2.45, 2.75) is 35.7 Å². The molecule has 0 bridgehead atoms. The molecule has 0 saturated carbocycles. The van der Waals surface area contributed by atoms with Crippen molar-refractivity contribution < 1.29 is 54.0 Å². The Labute approximate surface area is 284 Å². The number of aromatic hydroxyl groups is 2. The molecule has 4 heterocycles. The van der Waals surface area contributed by atoms with Crippen molar-refractivity contribution in [1.82, 2.24) is 29.7 Å². The number of ketones is 1. The quantitative estimate of drug-likeness (QED) is 0.0294. The van der Waals surface area contributed by atoms with Gasteiger partial charge >= 0.3 is 23.5 Å². The maximum absolute atomic E-state index is 13.3. The number of fused-ring (bicyclic) bond motifs is 1. The summed E-state index contributed by atoms with van der Waals surface area (Å²) in [7, 11) is 0. The van der Waals surface area contributed by atoms with E-state index in [2.05, 4.69) is 20.6 Å². The number of carboxylic acids is 2. The van der Waals surface area contributed by atoms with Crippen LogP contribution in [0.15, 0.2) is 33.8 Å². The number of Topliss-reactive ketones (excluding diaryl/α,β-unsaturated/α-hetero) is 1. The summed E-state index contributed by atoms with van der Waals surface area (Å²) in [5.41, 5.74) is 3.29. The molecule has 0 aliphatic carbocycles. The van der Waals surface area contributed by atoms with Gasteiger partial charge in [-0.1, -0.05) is 28.5 Å². The number of oxime groups is 1. The largest absolute Gasteiger partial charge is 0.504 e. The smallest absolute Gasteiger partial charge is 0.366 e. The number of aliphatic carboxylic acids is 2. The molecule has 258 valence electrons. The second-order valence-corrected chi connectivity index (χ2v) is 13.4. The van der Waals surface area contributed by atoms with Crippen molar-refractivity contribution in [3.05, 3.63) is 50.6 Å². The topological polar surface area (TPSA) is 311 Å². The number of nitrogens with one attached hydrogen (secondary N) is 2. The predicted molar refractivity (Wildman–Crippen MR) is 166 cm³/mol. The standard InChI is InChI=1S/C25H22ClN9O12S2/c1-24(2,20(42)43)47-32-12(9-5-48-22(27)29-9)16(39)30-13-18(41)33-6-25(21(44)45,49-19(13)33)35-23(46)34(7-28-35)31-17(40)14(37)8-3-4-10(36)15(38)11(8)26/h3-5,7,13,19,36,38H,6H2,1-2H3,(H2,27,29)(H,30,39)(H,31,40)(H,42,43)(H,44,45)/b32-12-/t13?,19-,25?/m1/s1. The maximum Gasteiger partial charge on any atom is 0.366 e. The SMILES string of the molecule is CC(C)(O/N=C(\C(=O)NC1C(=O)N2CC(C(=O)O)(n3ncn(NC(=O)C(=O)c4ccc(O)c(O)c4Cl)c3=O)S[C@H]12)c1csc(N)n1)C(=O)O. The minimum Gasteiger partial charge on any atom is -0.504 e. The molecule has 1 aromatic carbocycles. The van der Waals surface area contributed by atoms with Gasteiger partial charge < -0.3 is 41.2 Å². The zero-order chi connectivity index (χ0) is 36.2. The summed E-state index contributed by atoms with van der Waals surface area (Å²) in [5, 5.41) is 48.3. The van der Waals surface area contributed by atoms with Crippen molar-refractivity contribution in [2.75, 3.05) is 17.7 Å². The highest BCUT2D eigenvalue weighted by atomic mass is 35.5. The van der Waals surface area contributed by atoms with Crippen molar-refractivity contribution in [3.8, 4) is 11.5 Å². The number of nitrogens with two attached hydrogens (primary N) is 1. The van der Waals surface area contributed by atoms with Gasteiger partial charge in [-0.15, -0.1) is 11.3 Å². The van der Waals surface area contributed by atoms with Gasteiger partial charge in [0.05, 0.1) is 17.1 Å². The number of halogens is 1. The lowest BCUT2D eigenvalue weighted by atomic mass is 10.1. The fourth-order valence-electron chi connectivity index (χ4n) is 4.40. The Kier molecular flexibility index (Phi) is 8.77. The van der Waals surface area contributed by atoms with E-state index in [0.717, 1.165) is 28.4 Å². The van der Waals surface area contributed by atoms with Crippen molar-refractivity contribution >= 4 is 81.0 Å². The first kappa shape index (κ1) is 34.6.